The Morgan fingerprint density at radius 1 is 1.20 bits per heavy atom. The van der Waals surface area contributed by atoms with Gasteiger partial charge < -0.3 is 0 Å². The highest BCUT2D eigenvalue weighted by molar-refractivity contribution is 4.95. The molecule has 0 aliphatic carbocycles. The maximum atomic E-state index is 6.71. The predicted molar refractivity (Wildman–Crippen MR) is 45.7 cm³/mol. The Morgan fingerprint density at radius 2 is 2.00 bits per heavy atom. The van der Waals surface area contributed by atoms with Crippen molar-refractivity contribution in [2.75, 3.05) is 0 Å². The van der Waals surface area contributed by atoms with Crippen molar-refractivity contribution in [1.29, 1.82) is 0 Å². The lowest BCUT2D eigenvalue weighted by Crippen LogP contribution is -1.72. The Hall–Kier alpha value is -0.520. The van der Waals surface area contributed by atoms with Crippen LogP contribution in [0.1, 0.15) is 39.0 Å². The number of hydrogen-bond acceptors (Lipinski definition) is 0. The Morgan fingerprint density at radius 3 is 2.60 bits per heavy atom. The van der Waals surface area contributed by atoms with Crippen LogP contribution in [0.3, 0.4) is 0 Å². The summed E-state index contributed by atoms with van der Waals surface area (Å²) in [7, 11) is 0. The second-order valence-corrected chi connectivity index (χ2v) is 2.44. The molecule has 0 heteroatoms. The van der Waals surface area contributed by atoms with Crippen LogP contribution in [-0.4, -0.2) is 0 Å². The van der Waals surface area contributed by atoms with Crippen LogP contribution >= 0.6 is 0 Å². The van der Waals surface area contributed by atoms with Gasteiger partial charge in [0.1, 0.15) is 0 Å². The topological polar surface area (TPSA) is 0 Å². The van der Waals surface area contributed by atoms with Crippen molar-refractivity contribution in [2.24, 2.45) is 0 Å². The Balaban J connectivity index is 2.90. The van der Waals surface area contributed by atoms with E-state index in [0.29, 0.717) is 0 Å². The minimum atomic E-state index is 1.13. The molecule has 0 spiro atoms. The fourth-order valence-electron chi connectivity index (χ4n) is 0.853. The van der Waals surface area contributed by atoms with Crippen LogP contribution in [0.2, 0.25) is 0 Å². The zero-order valence-electron chi connectivity index (χ0n) is 6.77. The van der Waals surface area contributed by atoms with Gasteiger partial charge in [-0.1, -0.05) is 44.4 Å². The van der Waals surface area contributed by atoms with E-state index in [1.165, 1.54) is 31.8 Å². The molecule has 0 rings (SSSR count). The van der Waals surface area contributed by atoms with Crippen molar-refractivity contribution in [1.82, 2.24) is 0 Å². The minimum absolute atomic E-state index is 1.13. The first-order valence-corrected chi connectivity index (χ1v) is 4.07. The molecule has 0 saturated heterocycles. The van der Waals surface area contributed by atoms with Gasteiger partial charge in [-0.25, -0.2) is 0 Å². The molecule has 0 nitrogen and oxygen atoms in total. The molecular formula is C10H16. The molecular weight excluding hydrogens is 120 g/mol. The van der Waals surface area contributed by atoms with Gasteiger partial charge in [0.05, 0.1) is 0 Å². The highest BCUT2D eigenvalue weighted by Crippen LogP contribution is 2.02. The predicted octanol–water partition coefficient (Wildman–Crippen LogP) is 3.38. The molecule has 0 fully saturated rings. The molecule has 56 valence electrons. The Labute approximate surface area is 64.6 Å². The first-order chi connectivity index (χ1) is 4.91. The Kier molecular flexibility index (Phi) is 8.04. The van der Waals surface area contributed by atoms with Crippen molar-refractivity contribution in [3.8, 4) is 0 Å². The average molecular weight is 136 g/mol. The molecule has 0 atom stereocenters. The average Bonchev–Trinajstić information content (AvgIpc) is 1.97. The van der Waals surface area contributed by atoms with Gasteiger partial charge in [0.15, 0.2) is 0 Å². The third kappa shape index (κ3) is 7.48. The van der Waals surface area contributed by atoms with Gasteiger partial charge in [0.2, 0.25) is 0 Å². The van der Waals surface area contributed by atoms with Crippen LogP contribution in [0, 0.1) is 6.58 Å². The standard InChI is InChI=1S/C10H16/c1-3-5-7-9-10-8-6-4-2/h4,6,8H,3,5,7,9-10H2,1H3. The van der Waals surface area contributed by atoms with Gasteiger partial charge in [0.25, 0.3) is 0 Å². The highest BCUT2D eigenvalue weighted by Gasteiger charge is 1.82. The van der Waals surface area contributed by atoms with E-state index in [2.05, 4.69) is 13.0 Å². The van der Waals surface area contributed by atoms with Crippen LogP contribution < -0.4 is 0 Å². The molecule has 0 unspecified atom stereocenters. The second kappa shape index (κ2) is 8.48. The van der Waals surface area contributed by atoms with Crippen molar-refractivity contribution < 1.29 is 0 Å². The number of unbranched alkanes of at least 4 members (excludes halogenated alkanes) is 4. The summed E-state index contributed by atoms with van der Waals surface area (Å²) in [4.78, 5) is 0. The number of allylic oxidation sites excluding steroid dienone is 3. The fraction of sp³-hybridized carbons (Fsp3) is 0.600. The highest BCUT2D eigenvalue weighted by atomic mass is 13.9. The number of rotatable bonds is 6. The van der Waals surface area contributed by atoms with Crippen molar-refractivity contribution in [2.45, 2.75) is 39.0 Å². The summed E-state index contributed by atoms with van der Waals surface area (Å²) in [6.45, 7) is 8.92. The SMILES string of the molecule is [C]=CC=CCCCCCC. The smallest absolute Gasteiger partial charge is 0.00991 e. The van der Waals surface area contributed by atoms with Crippen LogP contribution in [0.15, 0.2) is 18.2 Å². The monoisotopic (exact) mass is 136 g/mol. The maximum absolute atomic E-state index is 6.71. The van der Waals surface area contributed by atoms with Crippen molar-refractivity contribution >= 4 is 0 Å². The first kappa shape index (κ1) is 9.48. The molecule has 0 aliphatic heterocycles. The molecule has 0 amide bonds. The summed E-state index contributed by atoms with van der Waals surface area (Å²) in [6, 6.07) is 0. The summed E-state index contributed by atoms with van der Waals surface area (Å²) in [5, 5.41) is 0. The van der Waals surface area contributed by atoms with E-state index in [4.69, 9.17) is 6.58 Å². The molecule has 2 radical (unpaired) electrons. The molecule has 10 heavy (non-hydrogen) atoms. The molecule has 0 N–H and O–H groups in total. The van der Waals surface area contributed by atoms with E-state index in [1.807, 2.05) is 0 Å². The molecule has 0 heterocycles. The van der Waals surface area contributed by atoms with E-state index in [-0.39, 0.29) is 0 Å². The normalized spacial score (nSPS) is 10.5. The van der Waals surface area contributed by atoms with Crippen LogP contribution in [0.25, 0.3) is 0 Å². The van der Waals surface area contributed by atoms with Crippen LogP contribution in [0.4, 0.5) is 0 Å². The van der Waals surface area contributed by atoms with E-state index in [9.17, 15) is 0 Å². The zero-order valence-corrected chi connectivity index (χ0v) is 6.77. The molecule has 0 aromatic carbocycles. The van der Waals surface area contributed by atoms with Gasteiger partial charge in [0, 0.05) is 0 Å². The second-order valence-electron chi connectivity index (χ2n) is 2.44. The maximum Gasteiger partial charge on any atom is -0.00991 e. The zero-order chi connectivity index (χ0) is 7.66. The molecule has 0 aliphatic rings. The fourth-order valence-corrected chi connectivity index (χ4v) is 0.853. The lowest BCUT2D eigenvalue weighted by atomic mass is 10.1. The van der Waals surface area contributed by atoms with Crippen LogP contribution in [-0.2, 0) is 0 Å². The summed E-state index contributed by atoms with van der Waals surface area (Å²) in [5.41, 5.74) is 0. The quantitative estimate of drug-likeness (QED) is 0.388. The molecule has 0 aromatic heterocycles. The third-order valence-electron chi connectivity index (χ3n) is 1.46. The van der Waals surface area contributed by atoms with Crippen molar-refractivity contribution in [3.05, 3.63) is 24.8 Å². The lowest BCUT2D eigenvalue weighted by molar-refractivity contribution is 0.674. The third-order valence-corrected chi connectivity index (χ3v) is 1.46. The van der Waals surface area contributed by atoms with Gasteiger partial charge >= 0.3 is 0 Å². The Bertz CT molecular complexity index is 90.2. The number of hydrogen-bond donors (Lipinski definition) is 0. The summed E-state index contributed by atoms with van der Waals surface area (Å²) in [5.74, 6) is 0. The van der Waals surface area contributed by atoms with Gasteiger partial charge in [-0.15, -0.1) is 0 Å². The van der Waals surface area contributed by atoms with E-state index >= 15 is 0 Å². The van der Waals surface area contributed by atoms with E-state index in [1.54, 1.807) is 6.08 Å². The molecule has 0 aromatic rings. The molecule has 0 saturated carbocycles. The first-order valence-electron chi connectivity index (χ1n) is 4.07. The minimum Gasteiger partial charge on any atom is -0.0845 e. The summed E-state index contributed by atoms with van der Waals surface area (Å²) < 4.78 is 0. The summed E-state index contributed by atoms with van der Waals surface area (Å²) >= 11 is 0. The van der Waals surface area contributed by atoms with Crippen molar-refractivity contribution in [3.63, 3.8) is 0 Å². The van der Waals surface area contributed by atoms with Gasteiger partial charge in [-0.2, -0.15) is 0 Å². The van der Waals surface area contributed by atoms with E-state index in [0.717, 1.165) is 6.42 Å². The van der Waals surface area contributed by atoms with E-state index < -0.39 is 0 Å². The molecule has 0 bridgehead atoms. The lowest BCUT2D eigenvalue weighted by Gasteiger charge is -1.92. The van der Waals surface area contributed by atoms with Crippen LogP contribution in [0.5, 0.6) is 0 Å². The van der Waals surface area contributed by atoms with Gasteiger partial charge in [-0.05, 0) is 19.4 Å². The summed E-state index contributed by atoms with van der Waals surface area (Å²) in [6.07, 6.45) is 11.6. The van der Waals surface area contributed by atoms with Gasteiger partial charge in [-0.3, -0.25) is 0 Å². The largest absolute Gasteiger partial charge is 0.0845 e.